The summed E-state index contributed by atoms with van der Waals surface area (Å²) in [5, 5.41) is 14.9. The molecule has 0 amide bonds. The van der Waals surface area contributed by atoms with Crippen molar-refractivity contribution in [3.63, 3.8) is 0 Å². The second-order valence-electron chi connectivity index (χ2n) is 4.18. The van der Waals surface area contributed by atoms with E-state index in [1.165, 1.54) is 6.07 Å². The molecule has 0 saturated heterocycles. The average Bonchev–Trinajstić information content (AvgIpc) is 2.74. The standard InChI is InChI=1S/C12H12BrN3O3/c1-8-5-10(14-19-8)7-15(2)11-4-3-9(13)6-12(11)16(17)18/h3-6H,7H2,1-2H3. The van der Waals surface area contributed by atoms with E-state index < -0.39 is 4.92 Å². The van der Waals surface area contributed by atoms with Crippen molar-refractivity contribution in [2.24, 2.45) is 0 Å². The first-order chi connectivity index (χ1) is 8.97. The summed E-state index contributed by atoms with van der Waals surface area (Å²) in [7, 11) is 1.78. The van der Waals surface area contributed by atoms with Crippen LogP contribution in [-0.2, 0) is 6.54 Å². The van der Waals surface area contributed by atoms with Gasteiger partial charge >= 0.3 is 0 Å². The van der Waals surface area contributed by atoms with Crippen LogP contribution in [0.15, 0.2) is 33.3 Å². The minimum atomic E-state index is -0.398. The maximum absolute atomic E-state index is 11.1. The summed E-state index contributed by atoms with van der Waals surface area (Å²) >= 11 is 3.23. The van der Waals surface area contributed by atoms with Gasteiger partial charge in [0.25, 0.3) is 5.69 Å². The fourth-order valence-corrected chi connectivity index (χ4v) is 2.14. The average molecular weight is 326 g/mol. The van der Waals surface area contributed by atoms with E-state index in [2.05, 4.69) is 21.1 Å². The molecule has 0 aliphatic heterocycles. The molecule has 7 heteroatoms. The minimum absolute atomic E-state index is 0.0529. The Morgan fingerprint density at radius 2 is 2.21 bits per heavy atom. The van der Waals surface area contributed by atoms with Crippen molar-refractivity contribution in [2.45, 2.75) is 13.5 Å². The van der Waals surface area contributed by atoms with E-state index in [-0.39, 0.29) is 5.69 Å². The van der Waals surface area contributed by atoms with Crippen molar-refractivity contribution in [3.05, 3.63) is 50.3 Å². The first-order valence-corrected chi connectivity index (χ1v) is 6.34. The second-order valence-corrected chi connectivity index (χ2v) is 5.09. The van der Waals surface area contributed by atoms with E-state index in [9.17, 15) is 10.1 Å². The molecule has 0 spiro atoms. The Hall–Kier alpha value is -1.89. The monoisotopic (exact) mass is 325 g/mol. The molecule has 0 bridgehead atoms. The van der Waals surface area contributed by atoms with Crippen molar-refractivity contribution in [2.75, 3.05) is 11.9 Å². The lowest BCUT2D eigenvalue weighted by molar-refractivity contribution is -0.384. The predicted molar refractivity (Wildman–Crippen MR) is 74.1 cm³/mol. The van der Waals surface area contributed by atoms with Crippen LogP contribution in [0, 0.1) is 17.0 Å². The van der Waals surface area contributed by atoms with Crippen molar-refractivity contribution >= 4 is 27.3 Å². The van der Waals surface area contributed by atoms with Crippen molar-refractivity contribution in [3.8, 4) is 0 Å². The number of nitro groups is 1. The number of hydrogen-bond donors (Lipinski definition) is 0. The van der Waals surface area contributed by atoms with Crippen LogP contribution in [-0.4, -0.2) is 17.1 Å². The molecule has 1 aromatic heterocycles. The second kappa shape index (κ2) is 5.40. The maximum atomic E-state index is 11.1. The molecule has 2 rings (SSSR count). The van der Waals surface area contributed by atoms with Crippen LogP contribution >= 0.6 is 15.9 Å². The third-order valence-electron chi connectivity index (χ3n) is 2.62. The van der Waals surface area contributed by atoms with Gasteiger partial charge in [0.1, 0.15) is 17.1 Å². The van der Waals surface area contributed by atoms with Crippen LogP contribution in [0.2, 0.25) is 0 Å². The summed E-state index contributed by atoms with van der Waals surface area (Å²) in [6, 6.07) is 6.77. The van der Waals surface area contributed by atoms with Crippen LogP contribution in [0.4, 0.5) is 11.4 Å². The highest BCUT2D eigenvalue weighted by atomic mass is 79.9. The summed E-state index contributed by atoms with van der Waals surface area (Å²) in [5.41, 5.74) is 1.32. The smallest absolute Gasteiger partial charge is 0.293 e. The SMILES string of the molecule is Cc1cc(CN(C)c2ccc(Br)cc2[N+](=O)[O-])no1. The molecule has 1 heterocycles. The van der Waals surface area contributed by atoms with E-state index in [1.807, 2.05) is 0 Å². The largest absolute Gasteiger partial charge is 0.363 e. The molecule has 6 nitrogen and oxygen atoms in total. The van der Waals surface area contributed by atoms with Gasteiger partial charge < -0.3 is 9.42 Å². The van der Waals surface area contributed by atoms with Gasteiger partial charge in [-0.25, -0.2) is 0 Å². The van der Waals surface area contributed by atoms with Crippen LogP contribution < -0.4 is 4.90 Å². The van der Waals surface area contributed by atoms with Gasteiger partial charge in [-0.15, -0.1) is 0 Å². The van der Waals surface area contributed by atoms with Crippen molar-refractivity contribution in [1.29, 1.82) is 0 Å². The first-order valence-electron chi connectivity index (χ1n) is 5.54. The Kier molecular flexibility index (Phi) is 3.84. The predicted octanol–water partition coefficient (Wildman–Crippen LogP) is 3.29. The summed E-state index contributed by atoms with van der Waals surface area (Å²) in [6.07, 6.45) is 0. The molecule has 0 saturated carbocycles. The molecule has 1 aromatic carbocycles. The summed E-state index contributed by atoms with van der Waals surface area (Å²) in [4.78, 5) is 12.4. The fraction of sp³-hybridized carbons (Fsp3) is 0.250. The highest BCUT2D eigenvalue weighted by Crippen LogP contribution is 2.31. The molecule has 0 N–H and O–H groups in total. The molecule has 0 atom stereocenters. The van der Waals surface area contributed by atoms with Gasteiger partial charge in [-0.05, 0) is 19.1 Å². The van der Waals surface area contributed by atoms with Gasteiger partial charge in [-0.1, -0.05) is 21.1 Å². The van der Waals surface area contributed by atoms with Crippen LogP contribution in [0.5, 0.6) is 0 Å². The summed E-state index contributed by atoms with van der Waals surface area (Å²) in [5.74, 6) is 0.716. The normalized spacial score (nSPS) is 10.5. The van der Waals surface area contributed by atoms with Crippen LogP contribution in [0.25, 0.3) is 0 Å². The number of rotatable bonds is 4. The third kappa shape index (κ3) is 3.11. The lowest BCUT2D eigenvalue weighted by Crippen LogP contribution is -2.17. The van der Waals surface area contributed by atoms with Crippen LogP contribution in [0.1, 0.15) is 11.5 Å². The van der Waals surface area contributed by atoms with Gasteiger partial charge in [0.15, 0.2) is 0 Å². The summed E-state index contributed by atoms with van der Waals surface area (Å²) < 4.78 is 5.65. The zero-order valence-corrected chi connectivity index (χ0v) is 12.0. The van der Waals surface area contributed by atoms with Gasteiger partial charge in [-0.3, -0.25) is 10.1 Å². The molecule has 19 heavy (non-hydrogen) atoms. The summed E-state index contributed by atoms with van der Waals surface area (Å²) in [6.45, 7) is 2.25. The Balaban J connectivity index is 2.28. The quantitative estimate of drug-likeness (QED) is 0.637. The molecule has 0 unspecified atom stereocenters. The molecule has 2 aromatic rings. The van der Waals surface area contributed by atoms with E-state index in [4.69, 9.17) is 4.52 Å². The third-order valence-corrected chi connectivity index (χ3v) is 3.11. The number of aromatic nitrogens is 1. The van der Waals surface area contributed by atoms with Gasteiger partial charge in [0, 0.05) is 23.7 Å². The van der Waals surface area contributed by atoms with E-state index in [0.717, 1.165) is 5.69 Å². The van der Waals surface area contributed by atoms with Crippen molar-refractivity contribution < 1.29 is 9.45 Å². The maximum Gasteiger partial charge on any atom is 0.293 e. The van der Waals surface area contributed by atoms with Gasteiger partial charge in [-0.2, -0.15) is 0 Å². The lowest BCUT2D eigenvalue weighted by atomic mass is 10.2. The number of aryl methyl sites for hydroxylation is 1. The molecule has 0 fully saturated rings. The van der Waals surface area contributed by atoms with Gasteiger partial charge in [0.05, 0.1) is 11.5 Å². The Morgan fingerprint density at radius 3 is 2.79 bits per heavy atom. The highest BCUT2D eigenvalue weighted by Gasteiger charge is 2.18. The van der Waals surface area contributed by atoms with E-state index >= 15 is 0 Å². The molecule has 0 aliphatic rings. The Bertz CT molecular complexity index is 612. The van der Waals surface area contributed by atoms with Crippen LogP contribution in [0.3, 0.4) is 0 Å². The highest BCUT2D eigenvalue weighted by molar-refractivity contribution is 9.10. The number of nitro benzene ring substituents is 1. The molecular formula is C12H12BrN3O3. The Labute approximate surface area is 118 Å². The van der Waals surface area contributed by atoms with E-state index in [0.29, 0.717) is 22.5 Å². The number of anilines is 1. The lowest BCUT2D eigenvalue weighted by Gasteiger charge is -2.17. The van der Waals surface area contributed by atoms with E-state index in [1.54, 1.807) is 37.1 Å². The minimum Gasteiger partial charge on any atom is -0.363 e. The molecule has 0 radical (unpaired) electrons. The number of hydrogen-bond acceptors (Lipinski definition) is 5. The molecule has 0 aliphatic carbocycles. The molecule has 100 valence electrons. The molecular weight excluding hydrogens is 314 g/mol. The fourth-order valence-electron chi connectivity index (χ4n) is 1.79. The Morgan fingerprint density at radius 1 is 1.47 bits per heavy atom. The zero-order chi connectivity index (χ0) is 14.0. The number of halogens is 1. The number of nitrogens with zero attached hydrogens (tertiary/aromatic N) is 3. The zero-order valence-electron chi connectivity index (χ0n) is 10.5. The first kappa shape index (κ1) is 13.5. The van der Waals surface area contributed by atoms with Gasteiger partial charge in [0.2, 0.25) is 0 Å². The topological polar surface area (TPSA) is 72.4 Å². The number of benzene rings is 1. The van der Waals surface area contributed by atoms with Crippen molar-refractivity contribution in [1.82, 2.24) is 5.16 Å².